The van der Waals surface area contributed by atoms with Gasteiger partial charge in [0, 0.05) is 19.0 Å². The number of aryl methyl sites for hydroxylation is 1. The smallest absolute Gasteiger partial charge is 0.315 e. The minimum absolute atomic E-state index is 0.0601. The zero-order valence-electron chi connectivity index (χ0n) is 17.5. The summed E-state index contributed by atoms with van der Waals surface area (Å²) in [5.74, 6) is -0.218. The Balaban J connectivity index is 1.63. The van der Waals surface area contributed by atoms with Crippen LogP contribution in [0.15, 0.2) is 18.2 Å². The van der Waals surface area contributed by atoms with Crippen molar-refractivity contribution in [3.05, 3.63) is 29.3 Å². The van der Waals surface area contributed by atoms with Gasteiger partial charge in [0.1, 0.15) is 5.75 Å². The number of nitrogens with one attached hydrogen (secondary N) is 4. The number of carbonyl (C=O) groups is 3. The van der Waals surface area contributed by atoms with Crippen molar-refractivity contribution in [1.82, 2.24) is 21.5 Å². The molecule has 0 saturated heterocycles. The van der Waals surface area contributed by atoms with Gasteiger partial charge < -0.3 is 15.4 Å². The first-order chi connectivity index (χ1) is 13.9. The summed E-state index contributed by atoms with van der Waals surface area (Å²) in [6.45, 7) is 5.69. The van der Waals surface area contributed by atoms with Gasteiger partial charge in [-0.15, -0.1) is 0 Å². The molecule has 0 bridgehead atoms. The molecular weight excluding hydrogens is 372 g/mol. The molecule has 2 rings (SSSR count). The molecule has 8 nitrogen and oxygen atoms in total. The van der Waals surface area contributed by atoms with E-state index in [1.807, 2.05) is 26.0 Å². The van der Waals surface area contributed by atoms with Crippen LogP contribution in [0.2, 0.25) is 0 Å². The highest BCUT2D eigenvalue weighted by Crippen LogP contribution is 2.21. The summed E-state index contributed by atoms with van der Waals surface area (Å²) in [5, 5.41) is 5.59. The van der Waals surface area contributed by atoms with Gasteiger partial charge >= 0.3 is 6.03 Å². The lowest BCUT2D eigenvalue weighted by Gasteiger charge is -2.22. The summed E-state index contributed by atoms with van der Waals surface area (Å²) in [6.07, 6.45) is 4.79. The molecule has 1 aliphatic rings. The number of hydrogen-bond acceptors (Lipinski definition) is 4. The first kappa shape index (κ1) is 22.5. The van der Waals surface area contributed by atoms with Crippen LogP contribution in [0.4, 0.5) is 4.79 Å². The average Bonchev–Trinajstić information content (AvgIpc) is 2.70. The highest BCUT2D eigenvalue weighted by atomic mass is 16.5. The van der Waals surface area contributed by atoms with E-state index in [1.54, 1.807) is 13.0 Å². The molecule has 1 aromatic rings. The monoisotopic (exact) mass is 404 g/mol. The van der Waals surface area contributed by atoms with E-state index in [2.05, 4.69) is 21.5 Å². The normalized spacial score (nSPS) is 15.1. The summed E-state index contributed by atoms with van der Waals surface area (Å²) in [7, 11) is 0. The molecule has 1 unspecified atom stereocenters. The summed E-state index contributed by atoms with van der Waals surface area (Å²) in [4.78, 5) is 35.8. The third kappa shape index (κ3) is 7.63. The molecule has 0 aromatic heterocycles. The molecule has 0 aliphatic heterocycles. The Morgan fingerprint density at radius 3 is 2.55 bits per heavy atom. The van der Waals surface area contributed by atoms with E-state index in [1.165, 1.54) is 6.42 Å². The molecule has 4 amide bonds. The van der Waals surface area contributed by atoms with Crippen LogP contribution in [0.25, 0.3) is 0 Å². The molecule has 1 aromatic carbocycles. The molecule has 1 atom stereocenters. The average molecular weight is 405 g/mol. The van der Waals surface area contributed by atoms with Crippen molar-refractivity contribution in [3.63, 3.8) is 0 Å². The molecule has 0 spiro atoms. The van der Waals surface area contributed by atoms with Crippen LogP contribution in [0.5, 0.6) is 5.75 Å². The molecule has 160 valence electrons. The summed E-state index contributed by atoms with van der Waals surface area (Å²) < 4.78 is 5.68. The second-order valence-corrected chi connectivity index (χ2v) is 7.48. The number of ether oxygens (including phenoxy) is 1. The molecule has 0 radical (unpaired) electrons. The first-order valence-electron chi connectivity index (χ1n) is 10.2. The van der Waals surface area contributed by atoms with Crippen LogP contribution in [-0.4, -0.2) is 36.5 Å². The Bertz CT molecular complexity index is 717. The van der Waals surface area contributed by atoms with Gasteiger partial charge in [0.2, 0.25) is 5.91 Å². The Morgan fingerprint density at radius 1 is 1.10 bits per heavy atom. The van der Waals surface area contributed by atoms with Crippen molar-refractivity contribution in [2.24, 2.45) is 0 Å². The van der Waals surface area contributed by atoms with E-state index in [4.69, 9.17) is 4.74 Å². The van der Waals surface area contributed by atoms with Crippen molar-refractivity contribution in [1.29, 1.82) is 0 Å². The second-order valence-electron chi connectivity index (χ2n) is 7.48. The van der Waals surface area contributed by atoms with Crippen molar-refractivity contribution in [2.75, 3.05) is 6.54 Å². The predicted molar refractivity (Wildman–Crippen MR) is 110 cm³/mol. The van der Waals surface area contributed by atoms with Gasteiger partial charge in [-0.2, -0.15) is 0 Å². The zero-order valence-corrected chi connectivity index (χ0v) is 17.5. The summed E-state index contributed by atoms with van der Waals surface area (Å²) in [6, 6.07) is 5.59. The minimum atomic E-state index is -0.768. The fourth-order valence-electron chi connectivity index (χ4n) is 3.16. The van der Waals surface area contributed by atoms with Gasteiger partial charge in [-0.05, 0) is 50.8 Å². The molecule has 8 heteroatoms. The fraction of sp³-hybridized carbons (Fsp3) is 0.571. The van der Waals surface area contributed by atoms with E-state index in [0.717, 1.165) is 36.8 Å². The topological polar surface area (TPSA) is 109 Å². The lowest BCUT2D eigenvalue weighted by molar-refractivity contribution is -0.132. The summed E-state index contributed by atoms with van der Waals surface area (Å²) in [5.41, 5.74) is 6.73. The maximum atomic E-state index is 12.1. The van der Waals surface area contributed by atoms with Gasteiger partial charge in [-0.25, -0.2) is 4.79 Å². The molecular formula is C21H32N4O4. The van der Waals surface area contributed by atoms with Gasteiger partial charge in [-0.1, -0.05) is 31.4 Å². The third-order valence-corrected chi connectivity index (χ3v) is 5.13. The van der Waals surface area contributed by atoms with Gasteiger partial charge in [0.15, 0.2) is 6.10 Å². The van der Waals surface area contributed by atoms with E-state index in [0.29, 0.717) is 5.75 Å². The number of rotatable bonds is 7. The van der Waals surface area contributed by atoms with E-state index >= 15 is 0 Å². The zero-order chi connectivity index (χ0) is 21.2. The second kappa shape index (κ2) is 11.3. The van der Waals surface area contributed by atoms with Crippen LogP contribution in [0.1, 0.15) is 56.6 Å². The van der Waals surface area contributed by atoms with Gasteiger partial charge in [0.05, 0.1) is 0 Å². The Morgan fingerprint density at radius 2 is 1.83 bits per heavy atom. The Kier molecular flexibility index (Phi) is 8.76. The highest BCUT2D eigenvalue weighted by Gasteiger charge is 2.17. The number of amides is 4. The van der Waals surface area contributed by atoms with Crippen LogP contribution in [0.3, 0.4) is 0 Å². The van der Waals surface area contributed by atoms with Crippen molar-refractivity contribution >= 4 is 17.8 Å². The van der Waals surface area contributed by atoms with Crippen LogP contribution in [0, 0.1) is 13.8 Å². The largest absolute Gasteiger partial charge is 0.481 e. The van der Waals surface area contributed by atoms with Crippen LogP contribution in [-0.2, 0) is 9.59 Å². The van der Waals surface area contributed by atoms with Crippen molar-refractivity contribution in [2.45, 2.75) is 71.4 Å². The lowest BCUT2D eigenvalue weighted by Crippen LogP contribution is -2.48. The van der Waals surface area contributed by atoms with Crippen molar-refractivity contribution < 1.29 is 19.1 Å². The summed E-state index contributed by atoms with van der Waals surface area (Å²) >= 11 is 0. The Hall–Kier alpha value is -2.77. The van der Waals surface area contributed by atoms with E-state index in [-0.39, 0.29) is 25.0 Å². The number of benzene rings is 1. The van der Waals surface area contributed by atoms with Crippen LogP contribution >= 0.6 is 0 Å². The number of hydrogen-bond donors (Lipinski definition) is 4. The number of urea groups is 1. The minimum Gasteiger partial charge on any atom is -0.481 e. The molecule has 0 heterocycles. The van der Waals surface area contributed by atoms with Crippen LogP contribution < -0.4 is 26.2 Å². The highest BCUT2D eigenvalue weighted by molar-refractivity contribution is 5.85. The van der Waals surface area contributed by atoms with Gasteiger partial charge in [0.25, 0.3) is 5.91 Å². The predicted octanol–water partition coefficient (Wildman–Crippen LogP) is 2.24. The van der Waals surface area contributed by atoms with Gasteiger partial charge in [-0.3, -0.25) is 20.4 Å². The molecule has 29 heavy (non-hydrogen) atoms. The number of hydrazine groups is 1. The third-order valence-electron chi connectivity index (χ3n) is 5.13. The standard InChI is InChI=1S/C21H32N4O4/c1-14-8-7-11-18(15(14)2)29-16(3)20(27)25-24-19(26)12-13-22-21(28)23-17-9-5-4-6-10-17/h7-8,11,16-17H,4-6,9-10,12-13H2,1-3H3,(H,24,26)(H,25,27)(H2,22,23,28). The molecule has 1 fully saturated rings. The fourth-order valence-corrected chi connectivity index (χ4v) is 3.16. The van der Waals surface area contributed by atoms with Crippen molar-refractivity contribution in [3.8, 4) is 5.75 Å². The molecule has 1 aliphatic carbocycles. The van der Waals surface area contributed by atoms with E-state index < -0.39 is 17.9 Å². The Labute approximate surface area is 172 Å². The van der Waals surface area contributed by atoms with E-state index in [9.17, 15) is 14.4 Å². The first-order valence-corrected chi connectivity index (χ1v) is 10.2. The lowest BCUT2D eigenvalue weighted by atomic mass is 9.96. The molecule has 4 N–H and O–H groups in total. The quantitative estimate of drug-likeness (QED) is 0.523. The maximum absolute atomic E-state index is 12.1. The molecule has 1 saturated carbocycles. The maximum Gasteiger partial charge on any atom is 0.315 e. The SMILES string of the molecule is Cc1cccc(OC(C)C(=O)NNC(=O)CCNC(=O)NC2CCCCC2)c1C. The number of carbonyl (C=O) groups excluding carboxylic acids is 3.